The zero-order chi connectivity index (χ0) is 10.7. The van der Waals surface area contributed by atoms with Crippen LogP contribution < -0.4 is 4.90 Å². The van der Waals surface area contributed by atoms with Crippen LogP contribution in [0.25, 0.3) is 5.76 Å². The van der Waals surface area contributed by atoms with Gasteiger partial charge in [-0.3, -0.25) is 0 Å². The lowest BCUT2D eigenvalue weighted by Gasteiger charge is -2.21. The van der Waals surface area contributed by atoms with Crippen LogP contribution in [-0.2, 0) is 4.74 Å². The third-order valence-electron chi connectivity index (χ3n) is 2.90. The molecule has 0 spiro atoms. The van der Waals surface area contributed by atoms with Crippen LogP contribution in [0.3, 0.4) is 0 Å². The van der Waals surface area contributed by atoms with Crippen molar-refractivity contribution in [2.75, 3.05) is 25.1 Å². The average molecular weight is 203 g/mol. The minimum Gasteiger partial charge on any atom is -0.497 e. The van der Waals surface area contributed by atoms with Crippen molar-refractivity contribution in [3.05, 3.63) is 36.4 Å². The van der Waals surface area contributed by atoms with Crippen molar-refractivity contribution in [3.63, 3.8) is 0 Å². The lowest BCUT2D eigenvalue weighted by molar-refractivity contribution is 0.371. The van der Waals surface area contributed by atoms with E-state index in [0.29, 0.717) is 0 Å². The summed E-state index contributed by atoms with van der Waals surface area (Å²) in [7, 11) is 1.67. The molecular weight excluding hydrogens is 186 g/mol. The first kappa shape index (κ1) is 10.1. The maximum absolute atomic E-state index is 5.22. The predicted octanol–water partition coefficient (Wildman–Crippen LogP) is 2.90. The van der Waals surface area contributed by atoms with Crippen molar-refractivity contribution in [2.24, 2.45) is 0 Å². The molecule has 2 heteroatoms. The summed E-state index contributed by atoms with van der Waals surface area (Å²) in [5.74, 6) is 0.748. The largest absolute Gasteiger partial charge is 0.497 e. The van der Waals surface area contributed by atoms with Crippen molar-refractivity contribution in [3.8, 4) is 0 Å². The van der Waals surface area contributed by atoms with Gasteiger partial charge in [-0.25, -0.2) is 0 Å². The van der Waals surface area contributed by atoms with Gasteiger partial charge >= 0.3 is 0 Å². The van der Waals surface area contributed by atoms with Gasteiger partial charge in [0.1, 0.15) is 5.76 Å². The third kappa shape index (κ3) is 1.99. The van der Waals surface area contributed by atoms with Crippen molar-refractivity contribution in [1.82, 2.24) is 0 Å². The molecule has 1 heterocycles. The summed E-state index contributed by atoms with van der Waals surface area (Å²) in [4.78, 5) is 2.40. The van der Waals surface area contributed by atoms with Crippen LogP contribution >= 0.6 is 0 Å². The Labute approximate surface area is 91.2 Å². The Kier molecular flexibility index (Phi) is 2.95. The molecule has 1 aromatic carbocycles. The Morgan fingerprint density at radius 1 is 1.27 bits per heavy atom. The minimum absolute atomic E-state index is 0.748. The number of methoxy groups -OCH3 is 1. The van der Waals surface area contributed by atoms with Crippen LogP contribution in [0.15, 0.2) is 30.8 Å². The second-order valence-corrected chi connectivity index (χ2v) is 3.84. The van der Waals surface area contributed by atoms with Gasteiger partial charge < -0.3 is 9.64 Å². The molecule has 0 aromatic heterocycles. The number of hydrogen-bond donors (Lipinski definition) is 0. The lowest BCUT2D eigenvalue weighted by atomic mass is 10.1. The highest BCUT2D eigenvalue weighted by Gasteiger charge is 2.16. The second-order valence-electron chi connectivity index (χ2n) is 3.84. The van der Waals surface area contributed by atoms with E-state index in [1.165, 1.54) is 18.5 Å². The van der Waals surface area contributed by atoms with Crippen LogP contribution in [0.1, 0.15) is 18.4 Å². The lowest BCUT2D eigenvalue weighted by Crippen LogP contribution is -2.19. The van der Waals surface area contributed by atoms with Crippen LogP contribution in [0.5, 0.6) is 0 Å². The van der Waals surface area contributed by atoms with E-state index in [4.69, 9.17) is 4.74 Å². The van der Waals surface area contributed by atoms with Gasteiger partial charge in [-0.2, -0.15) is 0 Å². The fraction of sp³-hybridized carbons (Fsp3) is 0.385. The number of rotatable bonds is 3. The van der Waals surface area contributed by atoms with Crippen molar-refractivity contribution in [1.29, 1.82) is 0 Å². The zero-order valence-corrected chi connectivity index (χ0v) is 9.20. The fourth-order valence-electron chi connectivity index (χ4n) is 2.05. The molecule has 1 aliphatic rings. The van der Waals surface area contributed by atoms with E-state index in [1.54, 1.807) is 7.11 Å². The predicted molar refractivity (Wildman–Crippen MR) is 63.9 cm³/mol. The first-order chi connectivity index (χ1) is 7.33. The number of benzene rings is 1. The van der Waals surface area contributed by atoms with Gasteiger partial charge in [0, 0.05) is 24.3 Å². The second kappa shape index (κ2) is 4.39. The summed E-state index contributed by atoms with van der Waals surface area (Å²) in [6, 6.07) is 8.31. The molecule has 0 atom stereocenters. The number of nitrogens with zero attached hydrogens (tertiary/aromatic N) is 1. The van der Waals surface area contributed by atoms with Gasteiger partial charge in [-0.1, -0.05) is 18.7 Å². The highest BCUT2D eigenvalue weighted by atomic mass is 16.5. The van der Waals surface area contributed by atoms with Gasteiger partial charge in [0.05, 0.1) is 7.11 Å². The van der Waals surface area contributed by atoms with E-state index in [9.17, 15) is 0 Å². The summed E-state index contributed by atoms with van der Waals surface area (Å²) in [5, 5.41) is 0. The number of ether oxygens (including phenoxy) is 1. The zero-order valence-electron chi connectivity index (χ0n) is 9.20. The summed E-state index contributed by atoms with van der Waals surface area (Å²) in [6.07, 6.45) is 2.57. The van der Waals surface area contributed by atoms with Gasteiger partial charge in [0.2, 0.25) is 0 Å². The molecular formula is C13H17NO. The molecule has 0 unspecified atom stereocenters. The van der Waals surface area contributed by atoms with E-state index in [1.807, 2.05) is 6.07 Å². The molecule has 1 saturated heterocycles. The molecule has 0 radical (unpaired) electrons. The molecule has 2 rings (SSSR count). The topological polar surface area (TPSA) is 12.5 Å². The standard InChI is InChI=1S/C13H17NO/c1-11(15-2)12-7-3-4-8-13(12)14-9-5-6-10-14/h3-4,7-8H,1,5-6,9-10H2,2H3. The number of hydrogen-bond acceptors (Lipinski definition) is 2. The molecule has 0 amide bonds. The maximum Gasteiger partial charge on any atom is 0.121 e. The summed E-state index contributed by atoms with van der Waals surface area (Å²) in [6.45, 7) is 6.22. The van der Waals surface area contributed by atoms with Crippen molar-refractivity contribution < 1.29 is 4.74 Å². The molecule has 2 nitrogen and oxygen atoms in total. The maximum atomic E-state index is 5.22. The van der Waals surface area contributed by atoms with E-state index in [0.717, 1.165) is 24.4 Å². The van der Waals surface area contributed by atoms with Gasteiger partial charge in [0.25, 0.3) is 0 Å². The fourth-order valence-corrected chi connectivity index (χ4v) is 2.05. The SMILES string of the molecule is C=C(OC)c1ccccc1N1CCCC1. The number of anilines is 1. The molecule has 15 heavy (non-hydrogen) atoms. The van der Waals surface area contributed by atoms with Crippen LogP contribution in [0, 0.1) is 0 Å². The Morgan fingerprint density at radius 3 is 2.60 bits per heavy atom. The van der Waals surface area contributed by atoms with Crippen molar-refractivity contribution in [2.45, 2.75) is 12.8 Å². The van der Waals surface area contributed by atoms with E-state index >= 15 is 0 Å². The van der Waals surface area contributed by atoms with Gasteiger partial charge in [-0.05, 0) is 25.0 Å². The molecule has 0 aliphatic carbocycles. The van der Waals surface area contributed by atoms with Crippen LogP contribution in [0.2, 0.25) is 0 Å². The number of para-hydroxylation sites is 1. The Morgan fingerprint density at radius 2 is 1.93 bits per heavy atom. The first-order valence-electron chi connectivity index (χ1n) is 5.40. The third-order valence-corrected chi connectivity index (χ3v) is 2.90. The first-order valence-corrected chi connectivity index (χ1v) is 5.40. The molecule has 1 fully saturated rings. The monoisotopic (exact) mass is 203 g/mol. The Hall–Kier alpha value is -1.44. The Balaban J connectivity index is 2.32. The van der Waals surface area contributed by atoms with E-state index < -0.39 is 0 Å². The molecule has 0 bridgehead atoms. The quantitative estimate of drug-likeness (QED) is 0.700. The smallest absolute Gasteiger partial charge is 0.121 e. The molecule has 80 valence electrons. The molecule has 0 saturated carbocycles. The highest BCUT2D eigenvalue weighted by molar-refractivity contribution is 5.72. The molecule has 0 N–H and O–H groups in total. The van der Waals surface area contributed by atoms with Crippen molar-refractivity contribution >= 4 is 11.4 Å². The average Bonchev–Trinajstić information content (AvgIpc) is 2.81. The van der Waals surface area contributed by atoms with E-state index in [2.05, 4.69) is 29.7 Å². The molecule has 1 aliphatic heterocycles. The van der Waals surface area contributed by atoms with Gasteiger partial charge in [0.15, 0.2) is 0 Å². The molecule has 1 aromatic rings. The summed E-state index contributed by atoms with van der Waals surface area (Å²) < 4.78 is 5.22. The Bertz CT molecular complexity index is 353. The van der Waals surface area contributed by atoms with Crippen LogP contribution in [0.4, 0.5) is 5.69 Å². The summed E-state index contributed by atoms with van der Waals surface area (Å²) >= 11 is 0. The van der Waals surface area contributed by atoms with E-state index in [-0.39, 0.29) is 0 Å². The van der Waals surface area contributed by atoms with Crippen LogP contribution in [-0.4, -0.2) is 20.2 Å². The summed E-state index contributed by atoms with van der Waals surface area (Å²) in [5.41, 5.74) is 2.36. The van der Waals surface area contributed by atoms with Gasteiger partial charge in [-0.15, -0.1) is 0 Å². The highest BCUT2D eigenvalue weighted by Crippen LogP contribution is 2.28. The normalized spacial score (nSPS) is 15.4. The minimum atomic E-state index is 0.748.